The van der Waals surface area contributed by atoms with E-state index in [2.05, 4.69) is 4.90 Å². The number of Topliss-reactive ketones (excluding diaryl/α,β-unsaturated/α-hetero) is 1. The van der Waals surface area contributed by atoms with Gasteiger partial charge >= 0.3 is 0 Å². The zero-order chi connectivity index (χ0) is 13.5. The van der Waals surface area contributed by atoms with Gasteiger partial charge in [-0.05, 0) is 38.2 Å². The van der Waals surface area contributed by atoms with Crippen LogP contribution in [0.15, 0.2) is 24.3 Å². The van der Waals surface area contributed by atoms with E-state index in [4.69, 9.17) is 16.3 Å². The summed E-state index contributed by atoms with van der Waals surface area (Å²) in [6.07, 6.45) is 0.690. The van der Waals surface area contributed by atoms with Gasteiger partial charge in [0, 0.05) is 37.2 Å². The Morgan fingerprint density at radius 1 is 1.37 bits per heavy atom. The summed E-state index contributed by atoms with van der Waals surface area (Å²) < 4.78 is 5.18. The molecule has 0 aliphatic rings. The van der Waals surface area contributed by atoms with E-state index in [0.717, 1.165) is 13.1 Å². The van der Waals surface area contributed by atoms with Crippen molar-refractivity contribution in [3.8, 4) is 0 Å². The highest BCUT2D eigenvalue weighted by atomic mass is 35.5. The Hall–Kier alpha value is -0.610. The van der Waals surface area contributed by atoms with E-state index in [-0.39, 0.29) is 24.3 Å². The zero-order valence-electron chi connectivity index (χ0n) is 11.6. The van der Waals surface area contributed by atoms with Gasteiger partial charge in [-0.3, -0.25) is 4.79 Å². The summed E-state index contributed by atoms with van der Waals surface area (Å²) in [5.41, 5.74) is 0.715. The van der Waals surface area contributed by atoms with Crippen LogP contribution in [0.3, 0.4) is 0 Å². The van der Waals surface area contributed by atoms with Crippen molar-refractivity contribution in [3.63, 3.8) is 0 Å². The largest absolute Gasteiger partial charge is 0.380 e. The predicted octanol–water partition coefficient (Wildman–Crippen LogP) is 3.30. The SMILES string of the molecule is COC(C)CN(C)CCC(=O)c1ccc(Cl)cc1.Cl. The fourth-order valence-corrected chi connectivity index (χ4v) is 1.80. The molecule has 0 saturated carbocycles. The van der Waals surface area contributed by atoms with Crippen LogP contribution in [0.4, 0.5) is 0 Å². The molecular weight excluding hydrogens is 285 g/mol. The maximum atomic E-state index is 11.9. The van der Waals surface area contributed by atoms with Gasteiger partial charge in [-0.15, -0.1) is 12.4 Å². The van der Waals surface area contributed by atoms with E-state index >= 15 is 0 Å². The molecule has 1 atom stereocenters. The fraction of sp³-hybridized carbons (Fsp3) is 0.500. The molecule has 0 heterocycles. The summed E-state index contributed by atoms with van der Waals surface area (Å²) in [5.74, 6) is 0.142. The summed E-state index contributed by atoms with van der Waals surface area (Å²) in [6, 6.07) is 7.02. The molecule has 108 valence electrons. The average Bonchev–Trinajstić information content (AvgIpc) is 2.36. The van der Waals surface area contributed by atoms with Crippen LogP contribution < -0.4 is 0 Å². The summed E-state index contributed by atoms with van der Waals surface area (Å²) >= 11 is 5.78. The number of carbonyl (C=O) groups is 1. The monoisotopic (exact) mass is 305 g/mol. The Kier molecular flexibility index (Phi) is 9.02. The van der Waals surface area contributed by atoms with Gasteiger partial charge in [0.1, 0.15) is 0 Å². The van der Waals surface area contributed by atoms with Gasteiger partial charge in [0.05, 0.1) is 6.10 Å². The molecule has 0 radical (unpaired) electrons. The maximum Gasteiger partial charge on any atom is 0.164 e. The van der Waals surface area contributed by atoms with E-state index in [1.54, 1.807) is 31.4 Å². The van der Waals surface area contributed by atoms with Gasteiger partial charge in [-0.1, -0.05) is 11.6 Å². The highest BCUT2D eigenvalue weighted by Gasteiger charge is 2.09. The third kappa shape index (κ3) is 6.92. The van der Waals surface area contributed by atoms with E-state index in [1.807, 2.05) is 14.0 Å². The molecule has 1 aromatic carbocycles. The van der Waals surface area contributed by atoms with Crippen molar-refractivity contribution in [2.45, 2.75) is 19.4 Å². The first-order chi connectivity index (χ1) is 8.52. The van der Waals surface area contributed by atoms with Crippen molar-refractivity contribution in [1.82, 2.24) is 4.90 Å². The zero-order valence-corrected chi connectivity index (χ0v) is 13.1. The van der Waals surface area contributed by atoms with Gasteiger partial charge < -0.3 is 9.64 Å². The van der Waals surface area contributed by atoms with Crippen molar-refractivity contribution in [3.05, 3.63) is 34.9 Å². The third-order valence-electron chi connectivity index (χ3n) is 2.86. The second-order valence-corrected chi connectivity index (χ2v) is 4.93. The number of rotatable bonds is 7. The number of ketones is 1. The lowest BCUT2D eigenvalue weighted by Gasteiger charge is -2.19. The lowest BCUT2D eigenvalue weighted by molar-refractivity contribution is 0.0812. The van der Waals surface area contributed by atoms with Crippen LogP contribution in [0.25, 0.3) is 0 Å². The second-order valence-electron chi connectivity index (χ2n) is 4.49. The molecule has 0 fully saturated rings. The van der Waals surface area contributed by atoms with Gasteiger partial charge in [0.15, 0.2) is 5.78 Å². The molecule has 0 bridgehead atoms. The molecule has 0 aliphatic heterocycles. The van der Waals surface area contributed by atoms with E-state index in [0.29, 0.717) is 17.0 Å². The van der Waals surface area contributed by atoms with Crippen molar-refractivity contribution >= 4 is 29.8 Å². The van der Waals surface area contributed by atoms with Crippen LogP contribution in [0.5, 0.6) is 0 Å². The number of halogens is 2. The van der Waals surface area contributed by atoms with Gasteiger partial charge in [0.2, 0.25) is 0 Å². The molecule has 0 N–H and O–H groups in total. The first-order valence-electron chi connectivity index (χ1n) is 6.03. The number of hydrogen-bond donors (Lipinski definition) is 0. The number of carbonyl (C=O) groups excluding carboxylic acids is 1. The number of nitrogens with zero attached hydrogens (tertiary/aromatic N) is 1. The summed E-state index contributed by atoms with van der Waals surface area (Å²) in [5, 5.41) is 0.651. The first kappa shape index (κ1) is 18.4. The predicted molar refractivity (Wildman–Crippen MR) is 81.6 cm³/mol. The minimum Gasteiger partial charge on any atom is -0.380 e. The lowest BCUT2D eigenvalue weighted by Crippen LogP contribution is -2.30. The highest BCUT2D eigenvalue weighted by Crippen LogP contribution is 2.11. The number of benzene rings is 1. The van der Waals surface area contributed by atoms with E-state index < -0.39 is 0 Å². The molecule has 1 unspecified atom stereocenters. The molecule has 19 heavy (non-hydrogen) atoms. The van der Waals surface area contributed by atoms with Crippen LogP contribution in [0.1, 0.15) is 23.7 Å². The fourth-order valence-electron chi connectivity index (χ4n) is 1.68. The van der Waals surface area contributed by atoms with E-state index in [1.165, 1.54) is 0 Å². The Morgan fingerprint density at radius 3 is 2.47 bits per heavy atom. The van der Waals surface area contributed by atoms with Crippen LogP contribution >= 0.6 is 24.0 Å². The number of methoxy groups -OCH3 is 1. The topological polar surface area (TPSA) is 29.5 Å². The molecule has 0 saturated heterocycles. The molecule has 0 aromatic heterocycles. The van der Waals surface area contributed by atoms with Crippen LogP contribution in [0.2, 0.25) is 5.02 Å². The van der Waals surface area contributed by atoms with Crippen molar-refractivity contribution < 1.29 is 9.53 Å². The normalized spacial score (nSPS) is 12.1. The number of hydrogen-bond acceptors (Lipinski definition) is 3. The Balaban J connectivity index is 0.00000324. The van der Waals surface area contributed by atoms with Gasteiger partial charge in [0.25, 0.3) is 0 Å². The molecule has 3 nitrogen and oxygen atoms in total. The molecule has 0 amide bonds. The first-order valence-corrected chi connectivity index (χ1v) is 6.41. The molecule has 0 aliphatic carbocycles. The molecule has 5 heteroatoms. The van der Waals surface area contributed by atoms with Gasteiger partial charge in [-0.25, -0.2) is 0 Å². The summed E-state index contributed by atoms with van der Waals surface area (Å²) in [4.78, 5) is 14.0. The average molecular weight is 306 g/mol. The smallest absolute Gasteiger partial charge is 0.164 e. The number of ether oxygens (including phenoxy) is 1. The minimum absolute atomic E-state index is 0. The maximum absolute atomic E-state index is 11.9. The minimum atomic E-state index is 0. The van der Waals surface area contributed by atoms with Gasteiger partial charge in [-0.2, -0.15) is 0 Å². The molecular formula is C14H21Cl2NO2. The summed E-state index contributed by atoms with van der Waals surface area (Å²) in [6.45, 7) is 3.57. The van der Waals surface area contributed by atoms with Crippen molar-refractivity contribution in [1.29, 1.82) is 0 Å². The second kappa shape index (κ2) is 9.32. The highest BCUT2D eigenvalue weighted by molar-refractivity contribution is 6.30. The van der Waals surface area contributed by atoms with Crippen LogP contribution in [-0.4, -0.2) is 44.0 Å². The van der Waals surface area contributed by atoms with E-state index in [9.17, 15) is 4.79 Å². The van der Waals surface area contributed by atoms with Crippen LogP contribution in [-0.2, 0) is 4.74 Å². The Labute approximate surface area is 126 Å². The Morgan fingerprint density at radius 2 is 1.95 bits per heavy atom. The quantitative estimate of drug-likeness (QED) is 0.724. The third-order valence-corrected chi connectivity index (χ3v) is 3.11. The Bertz CT molecular complexity index is 382. The van der Waals surface area contributed by atoms with Crippen molar-refractivity contribution in [2.75, 3.05) is 27.2 Å². The molecule has 1 aromatic rings. The molecule has 1 rings (SSSR count). The standard InChI is InChI=1S/C14H20ClNO2.ClH/c1-11(18-3)10-16(2)9-8-14(17)12-4-6-13(15)7-5-12;/h4-7,11H,8-10H2,1-3H3;1H. The molecule has 0 spiro atoms. The van der Waals surface area contributed by atoms with Crippen molar-refractivity contribution in [2.24, 2.45) is 0 Å². The van der Waals surface area contributed by atoms with Crippen LogP contribution in [0, 0.1) is 0 Å². The number of likely N-dealkylation sites (N-methyl/N-ethyl adjacent to an activating group) is 1. The lowest BCUT2D eigenvalue weighted by atomic mass is 10.1. The summed E-state index contributed by atoms with van der Waals surface area (Å²) in [7, 11) is 3.68.